The van der Waals surface area contributed by atoms with Gasteiger partial charge in [-0.1, -0.05) is 0 Å². The number of sulfonamides is 1. The molecule has 3 rings (SSSR count). The smallest absolute Gasteiger partial charge is 0.317 e. The molecule has 0 radical (unpaired) electrons. The fourth-order valence-corrected chi connectivity index (χ4v) is 4.70. The summed E-state index contributed by atoms with van der Waals surface area (Å²) < 4.78 is 24.7. The number of hydrogen-bond donors (Lipinski definition) is 1. The number of nitrogens with zero attached hydrogens (tertiary/aromatic N) is 4. The van der Waals surface area contributed by atoms with Crippen molar-refractivity contribution in [2.24, 2.45) is 0 Å². The van der Waals surface area contributed by atoms with Gasteiger partial charge in [-0.25, -0.2) is 17.5 Å². The van der Waals surface area contributed by atoms with Gasteiger partial charge in [0, 0.05) is 51.5 Å². The Labute approximate surface area is 161 Å². The zero-order valence-electron chi connectivity index (χ0n) is 16.0. The second-order valence-electron chi connectivity index (χ2n) is 7.43. The number of carbonyl (C=O) groups excluding carboxylic acids is 1. The van der Waals surface area contributed by atoms with E-state index in [2.05, 4.69) is 21.3 Å². The van der Waals surface area contributed by atoms with Gasteiger partial charge in [-0.15, -0.1) is 0 Å². The van der Waals surface area contributed by atoms with Gasteiger partial charge in [0.1, 0.15) is 0 Å². The summed E-state index contributed by atoms with van der Waals surface area (Å²) in [7, 11) is -1.33. The van der Waals surface area contributed by atoms with Gasteiger partial charge in [0.2, 0.25) is 10.0 Å². The van der Waals surface area contributed by atoms with Crippen molar-refractivity contribution in [3.05, 3.63) is 24.5 Å². The molecular formula is C18H29N5O3S. The average molecular weight is 396 g/mol. The van der Waals surface area contributed by atoms with Crippen LogP contribution in [0.1, 0.15) is 25.7 Å². The zero-order valence-corrected chi connectivity index (χ0v) is 16.9. The average Bonchev–Trinajstić information content (AvgIpc) is 2.68. The fraction of sp³-hybridized carbons (Fsp3) is 0.667. The maximum absolute atomic E-state index is 12.6. The molecule has 2 amide bonds. The van der Waals surface area contributed by atoms with Gasteiger partial charge in [-0.05, 0) is 37.8 Å². The lowest BCUT2D eigenvalue weighted by molar-refractivity contribution is 0.159. The van der Waals surface area contributed by atoms with Gasteiger partial charge in [0.15, 0.2) is 0 Å². The number of aromatic nitrogens is 1. The Kier molecular flexibility index (Phi) is 6.21. The van der Waals surface area contributed by atoms with Crippen LogP contribution in [0.25, 0.3) is 0 Å². The molecule has 0 unspecified atom stereocenters. The van der Waals surface area contributed by atoms with Crippen molar-refractivity contribution in [2.75, 3.05) is 44.4 Å². The number of anilines is 1. The third kappa shape index (κ3) is 5.10. The summed E-state index contributed by atoms with van der Waals surface area (Å²) in [5.74, 6) is 0. The summed E-state index contributed by atoms with van der Waals surface area (Å²) in [6.07, 6.45) is 8.04. The van der Waals surface area contributed by atoms with E-state index in [0.29, 0.717) is 25.9 Å². The molecule has 3 heterocycles. The van der Waals surface area contributed by atoms with E-state index in [9.17, 15) is 13.2 Å². The molecule has 0 atom stereocenters. The third-order valence-corrected chi connectivity index (χ3v) is 6.90. The molecular weight excluding hydrogens is 366 g/mol. The van der Waals surface area contributed by atoms with Crippen LogP contribution in [0.5, 0.6) is 0 Å². The standard InChI is InChI=1S/C18H29N5O3S/c1-21(16-7-12-23(13-8-16)27(2,25)26)18(24)20-15-5-10-22(11-6-15)17-4-3-9-19-14-17/h3-4,9,14-16H,5-8,10-13H2,1-2H3,(H,20,24). The Morgan fingerprint density at radius 1 is 1.19 bits per heavy atom. The highest BCUT2D eigenvalue weighted by atomic mass is 32.2. The SMILES string of the molecule is CN(C(=O)NC1CCN(c2cccnc2)CC1)C1CCN(S(C)(=O)=O)CC1. The van der Waals surface area contributed by atoms with E-state index in [1.54, 1.807) is 18.1 Å². The summed E-state index contributed by atoms with van der Waals surface area (Å²) in [5.41, 5.74) is 1.12. The van der Waals surface area contributed by atoms with Crippen LogP contribution in [0.3, 0.4) is 0 Å². The Bertz CT molecular complexity index is 727. The minimum atomic E-state index is -3.14. The first-order valence-electron chi connectivity index (χ1n) is 9.48. The topological polar surface area (TPSA) is 85.8 Å². The van der Waals surface area contributed by atoms with Gasteiger partial charge in [-0.2, -0.15) is 0 Å². The van der Waals surface area contributed by atoms with Gasteiger partial charge >= 0.3 is 6.03 Å². The van der Waals surface area contributed by atoms with E-state index >= 15 is 0 Å². The van der Waals surface area contributed by atoms with Gasteiger partial charge in [0.05, 0.1) is 18.1 Å². The molecule has 27 heavy (non-hydrogen) atoms. The van der Waals surface area contributed by atoms with Crippen LogP contribution in [0.15, 0.2) is 24.5 Å². The Balaban J connectivity index is 1.44. The second-order valence-corrected chi connectivity index (χ2v) is 9.41. The highest BCUT2D eigenvalue weighted by molar-refractivity contribution is 7.88. The Morgan fingerprint density at radius 3 is 2.41 bits per heavy atom. The molecule has 0 saturated carbocycles. The minimum absolute atomic E-state index is 0.0624. The van der Waals surface area contributed by atoms with E-state index in [4.69, 9.17) is 0 Å². The molecule has 8 nitrogen and oxygen atoms in total. The van der Waals surface area contributed by atoms with E-state index in [-0.39, 0.29) is 18.1 Å². The predicted octanol–water partition coefficient (Wildman–Crippen LogP) is 1.12. The van der Waals surface area contributed by atoms with E-state index in [0.717, 1.165) is 31.6 Å². The van der Waals surface area contributed by atoms with Crippen molar-refractivity contribution in [1.29, 1.82) is 0 Å². The van der Waals surface area contributed by atoms with Crippen molar-refractivity contribution in [1.82, 2.24) is 19.5 Å². The first-order chi connectivity index (χ1) is 12.8. The third-order valence-electron chi connectivity index (χ3n) is 5.59. The summed E-state index contributed by atoms with van der Waals surface area (Å²) in [6.45, 7) is 2.75. The van der Waals surface area contributed by atoms with Crippen molar-refractivity contribution in [2.45, 2.75) is 37.8 Å². The van der Waals surface area contributed by atoms with Gasteiger partial charge in [-0.3, -0.25) is 4.98 Å². The molecule has 2 saturated heterocycles. The summed E-state index contributed by atoms with van der Waals surface area (Å²) in [4.78, 5) is 20.8. The molecule has 0 aromatic carbocycles. The van der Waals surface area contributed by atoms with Crippen LogP contribution in [0, 0.1) is 0 Å². The van der Waals surface area contributed by atoms with Crippen molar-refractivity contribution in [3.63, 3.8) is 0 Å². The van der Waals surface area contributed by atoms with E-state index in [1.165, 1.54) is 10.6 Å². The van der Waals surface area contributed by atoms with Crippen molar-refractivity contribution < 1.29 is 13.2 Å². The summed E-state index contributed by atoms with van der Waals surface area (Å²) in [6, 6.07) is 4.19. The molecule has 1 aromatic rings. The van der Waals surface area contributed by atoms with Crippen LogP contribution in [-0.2, 0) is 10.0 Å². The lowest BCUT2D eigenvalue weighted by atomic mass is 10.0. The van der Waals surface area contributed by atoms with Crippen LogP contribution in [0.2, 0.25) is 0 Å². The first-order valence-corrected chi connectivity index (χ1v) is 11.3. The number of hydrogen-bond acceptors (Lipinski definition) is 5. The minimum Gasteiger partial charge on any atom is -0.370 e. The number of urea groups is 1. The number of rotatable bonds is 4. The highest BCUT2D eigenvalue weighted by Gasteiger charge is 2.30. The number of piperidine rings is 2. The van der Waals surface area contributed by atoms with Crippen molar-refractivity contribution >= 4 is 21.7 Å². The van der Waals surface area contributed by atoms with Crippen LogP contribution < -0.4 is 10.2 Å². The summed E-state index contributed by atoms with van der Waals surface area (Å²) in [5, 5.41) is 3.14. The number of nitrogens with one attached hydrogen (secondary N) is 1. The van der Waals surface area contributed by atoms with Crippen molar-refractivity contribution in [3.8, 4) is 0 Å². The van der Waals surface area contributed by atoms with E-state index < -0.39 is 10.0 Å². The molecule has 2 aliphatic heterocycles. The Hall–Kier alpha value is -1.87. The maximum atomic E-state index is 12.6. The molecule has 0 aliphatic carbocycles. The molecule has 1 N–H and O–H groups in total. The molecule has 0 spiro atoms. The fourth-order valence-electron chi connectivity index (χ4n) is 3.83. The highest BCUT2D eigenvalue weighted by Crippen LogP contribution is 2.20. The number of amides is 2. The monoisotopic (exact) mass is 395 g/mol. The predicted molar refractivity (Wildman–Crippen MR) is 105 cm³/mol. The van der Waals surface area contributed by atoms with Gasteiger partial charge < -0.3 is 15.1 Å². The molecule has 1 aromatic heterocycles. The molecule has 150 valence electrons. The molecule has 9 heteroatoms. The lowest BCUT2D eigenvalue weighted by Gasteiger charge is -2.38. The molecule has 2 aliphatic rings. The van der Waals surface area contributed by atoms with Crippen LogP contribution >= 0.6 is 0 Å². The van der Waals surface area contributed by atoms with E-state index in [1.807, 2.05) is 12.3 Å². The van der Waals surface area contributed by atoms with Gasteiger partial charge in [0.25, 0.3) is 0 Å². The zero-order chi connectivity index (χ0) is 19.4. The number of pyridine rings is 1. The number of carbonyl (C=O) groups is 1. The first kappa shape index (κ1) is 19.9. The van der Waals surface area contributed by atoms with Crippen LogP contribution in [-0.4, -0.2) is 80.2 Å². The molecule has 0 bridgehead atoms. The normalized spacial score (nSPS) is 20.4. The second kappa shape index (κ2) is 8.43. The summed E-state index contributed by atoms with van der Waals surface area (Å²) >= 11 is 0. The quantitative estimate of drug-likeness (QED) is 0.826. The largest absolute Gasteiger partial charge is 0.370 e. The lowest BCUT2D eigenvalue weighted by Crippen LogP contribution is -2.53. The molecule has 2 fully saturated rings. The Morgan fingerprint density at radius 2 is 1.85 bits per heavy atom. The maximum Gasteiger partial charge on any atom is 0.317 e. The van der Waals surface area contributed by atoms with Crippen LogP contribution in [0.4, 0.5) is 10.5 Å².